The Morgan fingerprint density at radius 3 is 2.96 bits per heavy atom. The van der Waals surface area contributed by atoms with Crippen LogP contribution >= 0.6 is 11.3 Å². The molecule has 3 amide bonds. The van der Waals surface area contributed by atoms with Gasteiger partial charge in [0, 0.05) is 4.88 Å². The molecule has 2 aliphatic rings. The smallest absolute Gasteiger partial charge is 0.254 e. The zero-order chi connectivity index (χ0) is 17.4. The minimum Gasteiger partial charge on any atom is -0.340 e. The SMILES string of the molecule is O=C(CC1NC(=O)c2ccccc2NC1=O)Nc1nc2c(s1)CCC2. The van der Waals surface area contributed by atoms with Crippen LogP contribution in [0.1, 0.15) is 33.8 Å². The van der Waals surface area contributed by atoms with E-state index in [1.807, 2.05) is 0 Å². The van der Waals surface area contributed by atoms with Crippen molar-refractivity contribution in [1.82, 2.24) is 10.3 Å². The molecule has 1 unspecified atom stereocenters. The first kappa shape index (κ1) is 15.8. The van der Waals surface area contributed by atoms with Gasteiger partial charge in [0.05, 0.1) is 23.4 Å². The summed E-state index contributed by atoms with van der Waals surface area (Å²) < 4.78 is 0. The van der Waals surface area contributed by atoms with Gasteiger partial charge in [0.15, 0.2) is 5.13 Å². The van der Waals surface area contributed by atoms with E-state index < -0.39 is 11.9 Å². The molecule has 25 heavy (non-hydrogen) atoms. The first-order valence-corrected chi connectivity index (χ1v) is 8.91. The topological polar surface area (TPSA) is 100 Å². The lowest BCUT2D eigenvalue weighted by molar-refractivity contribution is -0.122. The van der Waals surface area contributed by atoms with Crippen LogP contribution in [0.3, 0.4) is 0 Å². The van der Waals surface area contributed by atoms with E-state index in [-0.39, 0.29) is 18.2 Å². The van der Waals surface area contributed by atoms with Gasteiger partial charge in [-0.25, -0.2) is 4.98 Å². The third kappa shape index (κ3) is 3.12. The highest BCUT2D eigenvalue weighted by Crippen LogP contribution is 2.30. The largest absolute Gasteiger partial charge is 0.340 e. The Morgan fingerprint density at radius 2 is 2.12 bits per heavy atom. The van der Waals surface area contributed by atoms with Gasteiger partial charge in [-0.2, -0.15) is 0 Å². The van der Waals surface area contributed by atoms with Gasteiger partial charge < -0.3 is 16.0 Å². The molecule has 0 spiro atoms. The fourth-order valence-electron chi connectivity index (χ4n) is 3.05. The maximum Gasteiger partial charge on any atom is 0.254 e. The van der Waals surface area contributed by atoms with E-state index in [4.69, 9.17) is 0 Å². The summed E-state index contributed by atoms with van der Waals surface area (Å²) in [4.78, 5) is 42.4. The third-order valence-corrected chi connectivity index (χ3v) is 5.36. The molecule has 7 nitrogen and oxygen atoms in total. The minimum atomic E-state index is -0.924. The minimum absolute atomic E-state index is 0.143. The van der Waals surface area contributed by atoms with Gasteiger partial charge in [-0.05, 0) is 31.4 Å². The number of anilines is 2. The number of hydrogen-bond donors (Lipinski definition) is 3. The molecule has 128 valence electrons. The molecule has 0 saturated heterocycles. The van der Waals surface area contributed by atoms with Crippen molar-refractivity contribution in [3.63, 3.8) is 0 Å². The van der Waals surface area contributed by atoms with Crippen molar-refractivity contribution >= 4 is 39.9 Å². The van der Waals surface area contributed by atoms with E-state index in [0.29, 0.717) is 16.4 Å². The van der Waals surface area contributed by atoms with Crippen LogP contribution < -0.4 is 16.0 Å². The number of nitrogens with one attached hydrogen (secondary N) is 3. The first-order valence-electron chi connectivity index (χ1n) is 8.09. The predicted octanol–water partition coefficient (Wildman–Crippen LogP) is 1.71. The van der Waals surface area contributed by atoms with Crippen LogP contribution in [0.2, 0.25) is 0 Å². The lowest BCUT2D eigenvalue weighted by Gasteiger charge is -2.13. The number of thiazole rings is 1. The summed E-state index contributed by atoms with van der Waals surface area (Å²) in [5.74, 6) is -1.13. The Kier molecular flexibility index (Phi) is 3.96. The molecular weight excluding hydrogens is 340 g/mol. The van der Waals surface area contributed by atoms with Crippen LogP contribution in [-0.4, -0.2) is 28.7 Å². The molecule has 0 radical (unpaired) electrons. The van der Waals surface area contributed by atoms with Crippen LogP contribution in [0.5, 0.6) is 0 Å². The molecular formula is C17H16N4O3S. The van der Waals surface area contributed by atoms with Gasteiger partial charge in [-0.3, -0.25) is 14.4 Å². The van der Waals surface area contributed by atoms with Crippen molar-refractivity contribution in [2.45, 2.75) is 31.7 Å². The van der Waals surface area contributed by atoms with Crippen LogP contribution in [-0.2, 0) is 22.4 Å². The number of aryl methyl sites for hydroxylation is 2. The van der Waals surface area contributed by atoms with Crippen molar-refractivity contribution in [2.75, 3.05) is 10.6 Å². The third-order valence-electron chi connectivity index (χ3n) is 4.28. The van der Waals surface area contributed by atoms with Gasteiger partial charge in [-0.1, -0.05) is 12.1 Å². The Morgan fingerprint density at radius 1 is 1.28 bits per heavy atom. The first-order chi connectivity index (χ1) is 12.1. The number of carbonyl (C=O) groups excluding carboxylic acids is 3. The normalized spacial score (nSPS) is 18.6. The number of hydrogen-bond acceptors (Lipinski definition) is 5. The molecule has 0 saturated carbocycles. The second-order valence-corrected chi connectivity index (χ2v) is 7.14. The summed E-state index contributed by atoms with van der Waals surface area (Å²) >= 11 is 1.48. The van der Waals surface area contributed by atoms with E-state index >= 15 is 0 Å². The number of amides is 3. The Labute approximate surface area is 147 Å². The van der Waals surface area contributed by atoms with Gasteiger partial charge in [-0.15, -0.1) is 11.3 Å². The second kappa shape index (κ2) is 6.29. The van der Waals surface area contributed by atoms with Crippen LogP contribution in [0.4, 0.5) is 10.8 Å². The number of fused-ring (bicyclic) bond motifs is 2. The summed E-state index contributed by atoms with van der Waals surface area (Å²) in [5.41, 5.74) is 1.88. The summed E-state index contributed by atoms with van der Waals surface area (Å²) in [7, 11) is 0. The molecule has 0 fully saturated rings. The van der Waals surface area contributed by atoms with Gasteiger partial charge in [0.2, 0.25) is 11.8 Å². The summed E-state index contributed by atoms with van der Waals surface area (Å²) in [6.45, 7) is 0. The zero-order valence-corrected chi connectivity index (χ0v) is 14.1. The number of benzene rings is 1. The quantitative estimate of drug-likeness (QED) is 0.779. The molecule has 1 atom stereocenters. The molecule has 3 N–H and O–H groups in total. The highest BCUT2D eigenvalue weighted by Gasteiger charge is 2.29. The number of para-hydroxylation sites is 1. The van der Waals surface area contributed by atoms with Gasteiger partial charge in [0.25, 0.3) is 5.91 Å². The van der Waals surface area contributed by atoms with Gasteiger partial charge in [0.1, 0.15) is 6.04 Å². The van der Waals surface area contributed by atoms with Crippen molar-refractivity contribution in [1.29, 1.82) is 0 Å². The monoisotopic (exact) mass is 356 g/mol. The summed E-state index contributed by atoms with van der Waals surface area (Å²) in [6.07, 6.45) is 2.91. The summed E-state index contributed by atoms with van der Waals surface area (Å²) in [5, 5.41) is 8.59. The second-order valence-electron chi connectivity index (χ2n) is 6.06. The van der Waals surface area contributed by atoms with Crippen molar-refractivity contribution in [3.05, 3.63) is 40.4 Å². The highest BCUT2D eigenvalue weighted by molar-refractivity contribution is 7.15. The van der Waals surface area contributed by atoms with E-state index in [9.17, 15) is 14.4 Å². The van der Waals surface area contributed by atoms with E-state index in [2.05, 4.69) is 20.9 Å². The number of rotatable bonds is 3. The number of aromatic nitrogens is 1. The molecule has 2 heterocycles. The molecule has 4 rings (SSSR count). The molecule has 1 aliphatic heterocycles. The van der Waals surface area contributed by atoms with Crippen LogP contribution in [0, 0.1) is 0 Å². The number of nitrogens with zero attached hydrogens (tertiary/aromatic N) is 1. The van der Waals surface area contributed by atoms with Crippen LogP contribution in [0.15, 0.2) is 24.3 Å². The van der Waals surface area contributed by atoms with E-state index in [1.165, 1.54) is 16.2 Å². The summed E-state index contributed by atoms with van der Waals surface area (Å²) in [6, 6.07) is 5.82. The fourth-order valence-corrected chi connectivity index (χ4v) is 4.12. The maximum absolute atomic E-state index is 12.3. The average Bonchev–Trinajstić information content (AvgIpc) is 3.12. The van der Waals surface area contributed by atoms with Crippen molar-refractivity contribution in [3.8, 4) is 0 Å². The number of carbonyl (C=O) groups is 3. The molecule has 2 aromatic rings. The van der Waals surface area contributed by atoms with E-state index in [0.717, 1.165) is 25.0 Å². The lowest BCUT2D eigenvalue weighted by Crippen LogP contribution is -2.43. The molecule has 1 aromatic heterocycles. The van der Waals surface area contributed by atoms with Crippen LogP contribution in [0.25, 0.3) is 0 Å². The molecule has 8 heteroatoms. The lowest BCUT2D eigenvalue weighted by atomic mass is 10.1. The zero-order valence-electron chi connectivity index (χ0n) is 13.3. The van der Waals surface area contributed by atoms with Gasteiger partial charge >= 0.3 is 0 Å². The maximum atomic E-state index is 12.3. The van der Waals surface area contributed by atoms with Crippen molar-refractivity contribution < 1.29 is 14.4 Å². The Bertz CT molecular complexity index is 855. The molecule has 0 bridgehead atoms. The average molecular weight is 356 g/mol. The van der Waals surface area contributed by atoms with Crippen molar-refractivity contribution in [2.24, 2.45) is 0 Å². The Balaban J connectivity index is 1.44. The highest BCUT2D eigenvalue weighted by atomic mass is 32.1. The standard InChI is InChI=1S/C17H16N4O3S/c22-14(21-17-20-11-6-3-7-13(11)25-17)8-12-16(24)18-10-5-2-1-4-9(10)15(23)19-12/h1-2,4-5,12H,3,6-8H2,(H,18,24)(H,19,23)(H,20,21,22). The molecule has 1 aliphatic carbocycles. The fraction of sp³-hybridized carbons (Fsp3) is 0.294. The Hall–Kier alpha value is -2.74. The van der Waals surface area contributed by atoms with E-state index in [1.54, 1.807) is 24.3 Å². The predicted molar refractivity (Wildman–Crippen MR) is 93.7 cm³/mol. The molecule has 1 aromatic carbocycles.